The van der Waals surface area contributed by atoms with Crippen molar-refractivity contribution in [2.45, 2.75) is 12.7 Å². The molecule has 2 aromatic carbocycles. The van der Waals surface area contributed by atoms with Gasteiger partial charge in [0.05, 0.1) is 22.7 Å². The van der Waals surface area contributed by atoms with E-state index in [1.165, 1.54) is 17.0 Å². The number of carbonyl (C=O) groups excluding carboxylic acids is 2. The van der Waals surface area contributed by atoms with Crippen molar-refractivity contribution in [3.8, 4) is 5.75 Å². The van der Waals surface area contributed by atoms with E-state index in [1.54, 1.807) is 24.3 Å². The number of halogens is 3. The maximum Gasteiger partial charge on any atom is 0.416 e. The number of nitrogens with zero attached hydrogens (tertiary/aromatic N) is 1. The molecule has 1 saturated heterocycles. The van der Waals surface area contributed by atoms with Crippen LogP contribution < -0.4 is 15.0 Å². The van der Waals surface area contributed by atoms with Crippen molar-refractivity contribution in [1.82, 2.24) is 5.32 Å². The van der Waals surface area contributed by atoms with Gasteiger partial charge in [-0.25, -0.2) is 0 Å². The van der Waals surface area contributed by atoms with Crippen LogP contribution in [0.4, 0.5) is 18.9 Å². The van der Waals surface area contributed by atoms with Crippen LogP contribution in [-0.2, 0) is 22.3 Å². The monoisotopic (exact) mass is 450 g/mol. The Morgan fingerprint density at radius 1 is 1.20 bits per heavy atom. The summed E-state index contributed by atoms with van der Waals surface area (Å²) in [5.74, 6) is -0.252. The molecule has 1 N–H and O–H groups in total. The van der Waals surface area contributed by atoms with Gasteiger partial charge in [0.25, 0.3) is 11.8 Å². The second kappa shape index (κ2) is 7.77. The van der Waals surface area contributed by atoms with Crippen molar-refractivity contribution in [1.29, 1.82) is 0 Å². The van der Waals surface area contributed by atoms with Gasteiger partial charge in [0, 0.05) is 0 Å². The molecular formula is C20H13F3N2O3S2. The predicted molar refractivity (Wildman–Crippen MR) is 111 cm³/mol. The molecule has 5 nitrogen and oxygen atoms in total. The Balaban J connectivity index is 1.67. The first-order valence-corrected chi connectivity index (χ1v) is 9.91. The fraction of sp³-hybridized carbons (Fsp3) is 0.150. The Hall–Kier alpha value is -2.85. The maximum atomic E-state index is 13.0. The van der Waals surface area contributed by atoms with Crippen LogP contribution >= 0.6 is 24.0 Å². The highest BCUT2D eigenvalue weighted by Crippen LogP contribution is 2.36. The average Bonchev–Trinajstić information content (AvgIpc) is 3.00. The highest BCUT2D eigenvalue weighted by Gasteiger charge is 2.31. The van der Waals surface area contributed by atoms with Gasteiger partial charge in [0.2, 0.25) is 0 Å². The molecular weight excluding hydrogens is 437 g/mol. The Morgan fingerprint density at radius 2 is 2.00 bits per heavy atom. The lowest BCUT2D eigenvalue weighted by Crippen LogP contribution is -2.38. The molecule has 1 fully saturated rings. The number of carbonyl (C=O) groups is 2. The van der Waals surface area contributed by atoms with E-state index in [9.17, 15) is 22.8 Å². The van der Waals surface area contributed by atoms with Crippen LogP contribution in [0.5, 0.6) is 5.75 Å². The molecule has 0 atom stereocenters. The molecule has 0 aliphatic carbocycles. The van der Waals surface area contributed by atoms with E-state index in [2.05, 4.69) is 5.32 Å². The average molecular weight is 450 g/mol. The Bertz CT molecular complexity index is 1100. The summed E-state index contributed by atoms with van der Waals surface area (Å²) in [4.78, 5) is 26.1. The normalized spacial score (nSPS) is 17.8. The number of benzene rings is 2. The predicted octanol–water partition coefficient (Wildman–Crippen LogP) is 4.12. The van der Waals surface area contributed by atoms with Gasteiger partial charge in [-0.3, -0.25) is 9.59 Å². The fourth-order valence-corrected chi connectivity index (χ4v) is 4.13. The zero-order valence-electron chi connectivity index (χ0n) is 15.2. The lowest BCUT2D eigenvalue weighted by atomic mass is 10.1. The maximum absolute atomic E-state index is 13.0. The molecule has 0 spiro atoms. The van der Waals surface area contributed by atoms with Gasteiger partial charge >= 0.3 is 6.18 Å². The first-order valence-electron chi connectivity index (χ1n) is 8.69. The van der Waals surface area contributed by atoms with E-state index < -0.39 is 11.7 Å². The van der Waals surface area contributed by atoms with Crippen molar-refractivity contribution in [2.75, 3.05) is 11.5 Å². The largest absolute Gasteiger partial charge is 0.482 e. The number of fused-ring (bicyclic) bond motifs is 1. The standard InChI is InChI=1S/C20H13F3N2O3S2/c21-20(22,23)13-3-1-2-12(6-13)9-25-14-7-11(4-5-15(14)28-10-17(25)26)8-16-18(27)24-19(29)30-16/h1-8H,9-10H2,(H,24,27,29)/b16-8+. The van der Waals surface area contributed by atoms with Crippen LogP contribution in [0.15, 0.2) is 47.4 Å². The molecule has 154 valence electrons. The third-order valence-corrected chi connectivity index (χ3v) is 5.62. The minimum Gasteiger partial charge on any atom is -0.482 e. The number of amides is 2. The molecule has 0 radical (unpaired) electrons. The second-order valence-corrected chi connectivity index (χ2v) is 8.26. The van der Waals surface area contributed by atoms with Crippen molar-refractivity contribution >= 4 is 51.9 Å². The van der Waals surface area contributed by atoms with Crippen LogP contribution in [0.25, 0.3) is 6.08 Å². The zero-order valence-corrected chi connectivity index (χ0v) is 16.8. The summed E-state index contributed by atoms with van der Waals surface area (Å²) in [6, 6.07) is 9.88. The van der Waals surface area contributed by atoms with Gasteiger partial charge in [-0.15, -0.1) is 0 Å². The summed E-state index contributed by atoms with van der Waals surface area (Å²) in [6.45, 7) is -0.253. The van der Waals surface area contributed by atoms with Gasteiger partial charge in [0.1, 0.15) is 10.1 Å². The summed E-state index contributed by atoms with van der Waals surface area (Å²) < 4.78 is 44.9. The van der Waals surface area contributed by atoms with Crippen molar-refractivity contribution in [2.24, 2.45) is 0 Å². The van der Waals surface area contributed by atoms with Gasteiger partial charge in [0.15, 0.2) is 6.61 Å². The number of hydrogen-bond acceptors (Lipinski definition) is 5. The lowest BCUT2D eigenvalue weighted by Gasteiger charge is -2.30. The van der Waals surface area contributed by atoms with E-state index in [0.717, 1.165) is 23.9 Å². The lowest BCUT2D eigenvalue weighted by molar-refractivity contribution is -0.137. The minimum absolute atomic E-state index is 0.0432. The number of thioether (sulfide) groups is 1. The van der Waals surface area contributed by atoms with Crippen molar-refractivity contribution in [3.05, 3.63) is 64.1 Å². The van der Waals surface area contributed by atoms with E-state index in [4.69, 9.17) is 17.0 Å². The third-order valence-electron chi connectivity index (χ3n) is 4.46. The van der Waals surface area contributed by atoms with E-state index in [-0.39, 0.29) is 25.0 Å². The van der Waals surface area contributed by atoms with Crippen LogP contribution in [0.2, 0.25) is 0 Å². The summed E-state index contributed by atoms with van der Waals surface area (Å²) in [5, 5.41) is 2.52. The smallest absolute Gasteiger partial charge is 0.416 e. The molecule has 30 heavy (non-hydrogen) atoms. The number of alkyl halides is 3. The van der Waals surface area contributed by atoms with Gasteiger partial charge in [-0.05, 0) is 41.5 Å². The quantitative estimate of drug-likeness (QED) is 0.563. The number of anilines is 1. The summed E-state index contributed by atoms with van der Waals surface area (Å²) in [7, 11) is 0. The van der Waals surface area contributed by atoms with E-state index in [1.807, 2.05) is 0 Å². The number of thiocarbonyl (C=S) groups is 1. The topological polar surface area (TPSA) is 58.6 Å². The first-order chi connectivity index (χ1) is 14.2. The summed E-state index contributed by atoms with van der Waals surface area (Å²) in [6.07, 6.45) is -2.84. The third kappa shape index (κ3) is 4.19. The second-order valence-electron chi connectivity index (χ2n) is 6.55. The molecule has 0 saturated carbocycles. The highest BCUT2D eigenvalue weighted by atomic mass is 32.2. The number of ether oxygens (including phenoxy) is 1. The summed E-state index contributed by atoms with van der Waals surface area (Å²) >= 11 is 6.09. The number of rotatable bonds is 3. The number of hydrogen-bond donors (Lipinski definition) is 1. The Morgan fingerprint density at radius 3 is 2.70 bits per heavy atom. The van der Waals surface area contributed by atoms with Crippen molar-refractivity contribution in [3.63, 3.8) is 0 Å². The minimum atomic E-state index is -4.47. The van der Waals surface area contributed by atoms with Crippen LogP contribution in [0, 0.1) is 0 Å². The van der Waals surface area contributed by atoms with Gasteiger partial charge < -0.3 is 15.0 Å². The molecule has 2 aliphatic rings. The first kappa shape index (κ1) is 20.4. The fourth-order valence-electron chi connectivity index (χ4n) is 3.08. The number of nitrogens with one attached hydrogen (secondary N) is 1. The molecule has 2 heterocycles. The van der Waals surface area contributed by atoms with E-state index >= 15 is 0 Å². The molecule has 4 rings (SSSR count). The van der Waals surface area contributed by atoms with Crippen LogP contribution in [0.3, 0.4) is 0 Å². The van der Waals surface area contributed by atoms with E-state index in [0.29, 0.717) is 31.8 Å². The summed E-state index contributed by atoms with van der Waals surface area (Å²) in [5.41, 5.74) is 0.609. The Labute approximate surface area is 178 Å². The highest BCUT2D eigenvalue weighted by molar-refractivity contribution is 8.26. The Kier molecular flexibility index (Phi) is 5.29. The molecule has 2 aliphatic heterocycles. The van der Waals surface area contributed by atoms with Gasteiger partial charge in [-0.2, -0.15) is 13.2 Å². The van der Waals surface area contributed by atoms with Gasteiger partial charge in [-0.1, -0.05) is 42.2 Å². The molecule has 10 heteroatoms. The molecule has 2 amide bonds. The van der Waals surface area contributed by atoms with Crippen LogP contribution in [0.1, 0.15) is 16.7 Å². The SMILES string of the molecule is O=C1NC(=S)S/C1=C/c1ccc2c(c1)N(Cc1cccc(C(F)(F)F)c1)C(=O)CO2. The molecule has 0 aromatic heterocycles. The van der Waals surface area contributed by atoms with Crippen LogP contribution in [-0.4, -0.2) is 22.7 Å². The molecule has 0 unspecified atom stereocenters. The van der Waals surface area contributed by atoms with Crippen molar-refractivity contribution < 1.29 is 27.5 Å². The molecule has 2 aromatic rings. The molecule has 0 bridgehead atoms. The zero-order chi connectivity index (χ0) is 21.5.